The summed E-state index contributed by atoms with van der Waals surface area (Å²) in [6.45, 7) is 3.78. The first-order valence-electron chi connectivity index (χ1n) is 6.11. The van der Waals surface area contributed by atoms with Crippen LogP contribution in [0.4, 0.5) is 5.69 Å². The number of sulfonamides is 1. The molecule has 0 heterocycles. The van der Waals surface area contributed by atoms with Gasteiger partial charge in [0.25, 0.3) is 0 Å². The normalized spacial score (nSPS) is 11.5. The molecule has 0 unspecified atom stereocenters. The van der Waals surface area contributed by atoms with Crippen LogP contribution in [0.25, 0.3) is 0 Å². The lowest BCUT2D eigenvalue weighted by atomic mass is 10.3. The second kappa shape index (κ2) is 8.09. The Morgan fingerprint density at radius 1 is 1.32 bits per heavy atom. The first kappa shape index (κ1) is 16.8. The van der Waals surface area contributed by atoms with E-state index in [-0.39, 0.29) is 5.75 Å². The van der Waals surface area contributed by atoms with Crippen molar-refractivity contribution in [3.8, 4) is 0 Å². The molecule has 19 heavy (non-hydrogen) atoms. The molecule has 0 aliphatic heterocycles. The van der Waals surface area contributed by atoms with Crippen LogP contribution in [0.2, 0.25) is 5.02 Å². The van der Waals surface area contributed by atoms with Gasteiger partial charge in [0.2, 0.25) is 10.0 Å². The first-order valence-corrected chi connectivity index (χ1v) is 8.93. The van der Waals surface area contributed by atoms with Crippen molar-refractivity contribution in [2.24, 2.45) is 0 Å². The molecule has 0 aliphatic rings. The van der Waals surface area contributed by atoms with Gasteiger partial charge in [-0.2, -0.15) is 0 Å². The minimum absolute atomic E-state index is 0.124. The maximum Gasteiger partial charge on any atom is 0.232 e. The molecule has 0 radical (unpaired) electrons. The number of benzene rings is 1. The van der Waals surface area contributed by atoms with Crippen molar-refractivity contribution in [3.63, 3.8) is 0 Å². The van der Waals surface area contributed by atoms with E-state index >= 15 is 0 Å². The highest BCUT2D eigenvalue weighted by atomic mass is 79.9. The van der Waals surface area contributed by atoms with E-state index in [1.807, 2.05) is 6.92 Å². The number of unbranched alkanes of at least 4 members (excludes halogenated alkanes) is 1. The zero-order chi connectivity index (χ0) is 14.3. The number of anilines is 1. The highest BCUT2D eigenvalue weighted by molar-refractivity contribution is 9.10. The highest BCUT2D eigenvalue weighted by Gasteiger charge is 2.10. The molecule has 1 aromatic carbocycles. The molecule has 0 fully saturated rings. The van der Waals surface area contributed by atoms with Gasteiger partial charge in [0.1, 0.15) is 0 Å². The Labute approximate surface area is 128 Å². The summed E-state index contributed by atoms with van der Waals surface area (Å²) in [4.78, 5) is 0. The summed E-state index contributed by atoms with van der Waals surface area (Å²) in [7, 11) is -3.29. The predicted molar refractivity (Wildman–Crippen MR) is 84.3 cm³/mol. The third-order valence-electron chi connectivity index (χ3n) is 2.46. The van der Waals surface area contributed by atoms with Gasteiger partial charge in [0.05, 0.1) is 10.8 Å². The van der Waals surface area contributed by atoms with E-state index in [1.165, 1.54) is 0 Å². The van der Waals surface area contributed by atoms with Crippen molar-refractivity contribution in [1.82, 2.24) is 5.32 Å². The molecule has 1 rings (SSSR count). The van der Waals surface area contributed by atoms with E-state index in [0.29, 0.717) is 21.6 Å². The quantitative estimate of drug-likeness (QED) is 0.692. The van der Waals surface area contributed by atoms with Crippen LogP contribution < -0.4 is 10.0 Å². The van der Waals surface area contributed by atoms with Crippen LogP contribution in [-0.2, 0) is 10.0 Å². The Kier molecular flexibility index (Phi) is 7.13. The number of hydrogen-bond acceptors (Lipinski definition) is 3. The summed E-state index contributed by atoms with van der Waals surface area (Å²) in [5, 5.41) is 3.71. The Morgan fingerprint density at radius 3 is 2.68 bits per heavy atom. The van der Waals surface area contributed by atoms with Crippen molar-refractivity contribution < 1.29 is 8.42 Å². The van der Waals surface area contributed by atoms with Gasteiger partial charge in [-0.25, -0.2) is 8.42 Å². The lowest BCUT2D eigenvalue weighted by molar-refractivity contribution is 0.593. The maximum absolute atomic E-state index is 11.8. The minimum atomic E-state index is -3.29. The first-order chi connectivity index (χ1) is 8.94. The van der Waals surface area contributed by atoms with Crippen LogP contribution in [0.5, 0.6) is 0 Å². The zero-order valence-electron chi connectivity index (χ0n) is 10.7. The zero-order valence-corrected chi connectivity index (χ0v) is 13.9. The van der Waals surface area contributed by atoms with E-state index in [9.17, 15) is 8.42 Å². The molecular weight excluding hydrogens is 352 g/mol. The van der Waals surface area contributed by atoms with Crippen LogP contribution in [-0.4, -0.2) is 27.3 Å². The average molecular weight is 370 g/mol. The Balaban J connectivity index is 2.47. The SMILES string of the molecule is CCNCCCCS(=O)(=O)Nc1ccc(Cl)c(Br)c1. The fraction of sp³-hybridized carbons (Fsp3) is 0.500. The molecule has 2 N–H and O–H groups in total. The molecule has 108 valence electrons. The van der Waals surface area contributed by atoms with Crippen LogP contribution in [0, 0.1) is 0 Å². The van der Waals surface area contributed by atoms with Gasteiger partial charge in [-0.3, -0.25) is 4.72 Å². The van der Waals surface area contributed by atoms with Gasteiger partial charge in [-0.15, -0.1) is 0 Å². The van der Waals surface area contributed by atoms with Gasteiger partial charge in [-0.05, 0) is 60.1 Å². The summed E-state index contributed by atoms with van der Waals surface area (Å²) in [6, 6.07) is 4.94. The number of rotatable bonds is 8. The fourth-order valence-corrected chi connectivity index (χ4v) is 3.18. The monoisotopic (exact) mass is 368 g/mol. The Morgan fingerprint density at radius 2 is 2.05 bits per heavy atom. The smallest absolute Gasteiger partial charge is 0.232 e. The molecule has 7 heteroatoms. The summed E-state index contributed by atoms with van der Waals surface area (Å²) in [5.41, 5.74) is 0.517. The van der Waals surface area contributed by atoms with Crippen molar-refractivity contribution >= 4 is 43.2 Å². The maximum atomic E-state index is 11.8. The number of hydrogen-bond donors (Lipinski definition) is 2. The summed E-state index contributed by atoms with van der Waals surface area (Å²) in [5.74, 6) is 0.124. The number of halogens is 2. The second-order valence-corrected chi connectivity index (χ2v) is 7.21. The largest absolute Gasteiger partial charge is 0.317 e. The lowest BCUT2D eigenvalue weighted by Crippen LogP contribution is -2.19. The third kappa shape index (κ3) is 6.61. The average Bonchev–Trinajstić information content (AvgIpc) is 2.33. The molecule has 0 amide bonds. The van der Waals surface area contributed by atoms with Crippen LogP contribution in [0.3, 0.4) is 0 Å². The summed E-state index contributed by atoms with van der Waals surface area (Å²) in [6.07, 6.45) is 1.48. The van der Waals surface area contributed by atoms with Crippen LogP contribution in [0.1, 0.15) is 19.8 Å². The fourth-order valence-electron chi connectivity index (χ4n) is 1.51. The van der Waals surface area contributed by atoms with Crippen molar-refractivity contribution in [2.75, 3.05) is 23.6 Å². The third-order valence-corrected chi connectivity index (χ3v) is 5.05. The van der Waals surface area contributed by atoms with Crippen LogP contribution >= 0.6 is 27.5 Å². The van der Waals surface area contributed by atoms with Gasteiger partial charge >= 0.3 is 0 Å². The van der Waals surface area contributed by atoms with Crippen molar-refractivity contribution in [3.05, 3.63) is 27.7 Å². The number of nitrogens with one attached hydrogen (secondary N) is 2. The molecule has 1 aromatic rings. The highest BCUT2D eigenvalue weighted by Crippen LogP contribution is 2.26. The van der Waals surface area contributed by atoms with E-state index in [1.54, 1.807) is 18.2 Å². The Bertz CT molecular complexity index is 508. The van der Waals surface area contributed by atoms with Gasteiger partial charge in [0, 0.05) is 10.2 Å². The van der Waals surface area contributed by atoms with Crippen molar-refractivity contribution in [1.29, 1.82) is 0 Å². The van der Waals surface area contributed by atoms with Crippen molar-refractivity contribution in [2.45, 2.75) is 19.8 Å². The topological polar surface area (TPSA) is 58.2 Å². The van der Waals surface area contributed by atoms with Gasteiger partial charge < -0.3 is 5.32 Å². The molecule has 0 spiro atoms. The molecule has 0 saturated heterocycles. The van der Waals surface area contributed by atoms with Gasteiger partial charge in [-0.1, -0.05) is 18.5 Å². The summed E-state index contributed by atoms with van der Waals surface area (Å²) < 4.78 is 26.9. The van der Waals surface area contributed by atoms with Gasteiger partial charge in [0.15, 0.2) is 0 Å². The molecular formula is C12H18BrClN2O2S. The molecule has 0 aliphatic carbocycles. The minimum Gasteiger partial charge on any atom is -0.317 e. The Hall–Kier alpha value is -0.300. The van der Waals surface area contributed by atoms with E-state index < -0.39 is 10.0 Å². The van der Waals surface area contributed by atoms with E-state index in [2.05, 4.69) is 26.0 Å². The standard InChI is InChI=1S/C12H18BrClN2O2S/c1-2-15-7-3-4-8-19(17,18)16-10-5-6-12(14)11(13)9-10/h5-6,9,15-16H,2-4,7-8H2,1H3. The van der Waals surface area contributed by atoms with E-state index in [4.69, 9.17) is 11.6 Å². The molecule has 0 saturated carbocycles. The van der Waals surface area contributed by atoms with Crippen LogP contribution in [0.15, 0.2) is 22.7 Å². The molecule has 0 aromatic heterocycles. The second-order valence-electron chi connectivity index (χ2n) is 4.11. The lowest BCUT2D eigenvalue weighted by Gasteiger charge is -2.09. The van der Waals surface area contributed by atoms with E-state index in [0.717, 1.165) is 19.5 Å². The molecule has 0 bridgehead atoms. The molecule has 0 atom stereocenters. The molecule has 4 nitrogen and oxygen atoms in total. The predicted octanol–water partition coefficient (Wildman–Crippen LogP) is 3.23. The summed E-state index contributed by atoms with van der Waals surface area (Å²) >= 11 is 9.11.